The zero-order valence-corrected chi connectivity index (χ0v) is 31.2. The van der Waals surface area contributed by atoms with Crippen LogP contribution in [0.5, 0.6) is 0 Å². The van der Waals surface area contributed by atoms with Crippen LogP contribution in [0.4, 0.5) is 23.2 Å². The van der Waals surface area contributed by atoms with E-state index in [0.29, 0.717) is 35.2 Å². The molecule has 4 heterocycles. The third kappa shape index (κ3) is 8.59. The van der Waals surface area contributed by atoms with Crippen LogP contribution in [0.1, 0.15) is 106 Å². The fraction of sp³-hybridized carbons (Fsp3) is 0.390. The van der Waals surface area contributed by atoms with E-state index in [1.165, 1.54) is 23.2 Å². The van der Waals surface area contributed by atoms with Gasteiger partial charge in [0, 0.05) is 55.0 Å². The molecule has 2 fully saturated rings. The Morgan fingerprint density at radius 2 is 1.68 bits per heavy atom. The Morgan fingerprint density at radius 3 is 2.42 bits per heavy atom. The highest BCUT2D eigenvalue weighted by Gasteiger charge is 2.40. The number of piperidine rings is 1. The summed E-state index contributed by atoms with van der Waals surface area (Å²) >= 11 is 0. The molecular formula is C41H41F4N7O5. The number of carbonyl (C=O) groups is 5. The van der Waals surface area contributed by atoms with Crippen LogP contribution < -0.4 is 21.3 Å². The predicted molar refractivity (Wildman–Crippen MR) is 202 cm³/mol. The summed E-state index contributed by atoms with van der Waals surface area (Å²) < 4.78 is 58.4. The summed E-state index contributed by atoms with van der Waals surface area (Å²) in [6.07, 6.45) is 3.04. The van der Waals surface area contributed by atoms with E-state index in [9.17, 15) is 37.1 Å². The summed E-state index contributed by atoms with van der Waals surface area (Å²) in [6.45, 7) is 0.369. The number of unbranched alkanes of at least 4 members (excludes halogenated alkanes) is 4. The second kappa shape index (κ2) is 16.3. The summed E-state index contributed by atoms with van der Waals surface area (Å²) in [5, 5.41) is 11.0. The number of rotatable bonds is 14. The molecule has 0 spiro atoms. The molecule has 2 aromatic carbocycles. The molecule has 0 bridgehead atoms. The lowest BCUT2D eigenvalue weighted by atomic mass is 9.96. The van der Waals surface area contributed by atoms with Gasteiger partial charge in [0.15, 0.2) is 0 Å². The Kier molecular flexibility index (Phi) is 11.2. The quantitative estimate of drug-likeness (QED) is 0.0680. The Bertz CT molecular complexity index is 2280. The lowest BCUT2D eigenvalue weighted by Gasteiger charge is -2.29. The van der Waals surface area contributed by atoms with Crippen LogP contribution >= 0.6 is 0 Å². The van der Waals surface area contributed by atoms with Crippen molar-refractivity contribution >= 4 is 46.1 Å². The maximum atomic E-state index is 15.4. The van der Waals surface area contributed by atoms with E-state index in [1.54, 1.807) is 19.2 Å². The molecule has 1 saturated carbocycles. The standard InChI is InChI=1S/C41H41F4N7O5/c1-46-36-28-18-27(31(42)19-32(28)48-20-29(36)38(55)50-24-9-10-24)22-8-12-25(30(17-22)41(43,44)45)37(54)47-16-6-4-2-3-5-7-23-11-13-26-33(49-23)21-52(40(26)57)34-14-15-35(53)51-39(34)56/h8,11-13,17-20,24,34H,2-7,9-10,14-16,21H2,1H3,(H,46,48)(H,47,54)(H,50,55)(H,51,53,56). The molecule has 4 aromatic rings. The molecule has 5 amide bonds. The van der Waals surface area contributed by atoms with E-state index in [4.69, 9.17) is 0 Å². The number of fused-ring (bicyclic) bond motifs is 2. The second-order valence-corrected chi connectivity index (χ2v) is 14.6. The van der Waals surface area contributed by atoms with Gasteiger partial charge in [0.2, 0.25) is 11.8 Å². The number of amides is 5. The van der Waals surface area contributed by atoms with Crippen LogP contribution in [0.25, 0.3) is 22.0 Å². The van der Waals surface area contributed by atoms with E-state index < -0.39 is 41.0 Å². The number of nitrogens with one attached hydrogen (secondary N) is 4. The number of aryl methyl sites for hydroxylation is 1. The van der Waals surface area contributed by atoms with Gasteiger partial charge in [-0.05, 0) is 74.4 Å². The number of aromatic nitrogens is 2. The summed E-state index contributed by atoms with van der Waals surface area (Å²) in [5.41, 5.74) is 0.670. The molecule has 3 aliphatic rings. The third-order valence-electron chi connectivity index (χ3n) is 10.6. The number of anilines is 1. The number of hydrogen-bond donors (Lipinski definition) is 4. The van der Waals surface area contributed by atoms with Crippen molar-refractivity contribution in [1.29, 1.82) is 0 Å². The first-order valence-electron chi connectivity index (χ1n) is 19.1. The van der Waals surface area contributed by atoms with Crippen LogP contribution in [0.15, 0.2) is 48.7 Å². The summed E-state index contributed by atoms with van der Waals surface area (Å²) in [6, 6.07) is 8.43. The highest BCUT2D eigenvalue weighted by molar-refractivity contribution is 6.08. The van der Waals surface area contributed by atoms with Crippen molar-refractivity contribution in [3.05, 3.63) is 88.1 Å². The first-order chi connectivity index (χ1) is 27.3. The van der Waals surface area contributed by atoms with Gasteiger partial charge in [-0.1, -0.05) is 25.3 Å². The lowest BCUT2D eigenvalue weighted by Crippen LogP contribution is -2.52. The second-order valence-electron chi connectivity index (χ2n) is 14.6. The van der Waals surface area contributed by atoms with E-state index in [2.05, 4.69) is 31.2 Å². The first kappa shape index (κ1) is 39.3. The SMILES string of the molecule is CNc1c(C(=O)NC2CC2)cnc2cc(F)c(-c3ccc(C(=O)NCCCCCCCc4ccc5c(n4)CN(C4CCC(=O)NC4=O)C5=O)c(C(F)(F)F)c3)cc12. The van der Waals surface area contributed by atoms with E-state index in [1.807, 2.05) is 0 Å². The molecule has 2 aromatic heterocycles. The smallest absolute Gasteiger partial charge is 0.387 e. The third-order valence-corrected chi connectivity index (χ3v) is 10.6. The summed E-state index contributed by atoms with van der Waals surface area (Å²) in [4.78, 5) is 72.9. The minimum absolute atomic E-state index is 0.0794. The molecule has 4 N–H and O–H groups in total. The molecule has 1 saturated heterocycles. The topological polar surface area (TPSA) is 162 Å². The molecular weight excluding hydrogens is 746 g/mol. The van der Waals surface area contributed by atoms with Crippen molar-refractivity contribution in [3.8, 4) is 11.1 Å². The molecule has 1 unspecified atom stereocenters. The van der Waals surface area contributed by atoms with Gasteiger partial charge in [0.1, 0.15) is 11.9 Å². The number of carbonyl (C=O) groups excluding carboxylic acids is 5. The minimum atomic E-state index is -4.90. The fourth-order valence-corrected chi connectivity index (χ4v) is 7.39. The average Bonchev–Trinajstić information content (AvgIpc) is 3.94. The maximum Gasteiger partial charge on any atom is 0.417 e. The van der Waals surface area contributed by atoms with Gasteiger partial charge >= 0.3 is 6.18 Å². The molecule has 0 radical (unpaired) electrons. The largest absolute Gasteiger partial charge is 0.417 e. The molecule has 16 heteroatoms. The van der Waals surface area contributed by atoms with Gasteiger partial charge in [-0.25, -0.2) is 4.39 Å². The van der Waals surface area contributed by atoms with Crippen LogP contribution in [-0.4, -0.2) is 70.1 Å². The van der Waals surface area contributed by atoms with Crippen LogP contribution in [0.2, 0.25) is 0 Å². The van der Waals surface area contributed by atoms with Crippen molar-refractivity contribution in [1.82, 2.24) is 30.8 Å². The van der Waals surface area contributed by atoms with Crippen molar-refractivity contribution in [3.63, 3.8) is 0 Å². The predicted octanol–water partition coefficient (Wildman–Crippen LogP) is 6.07. The van der Waals surface area contributed by atoms with Gasteiger partial charge in [0.05, 0.1) is 45.7 Å². The minimum Gasteiger partial charge on any atom is -0.387 e. The lowest BCUT2D eigenvalue weighted by molar-refractivity contribution is -0.138. The van der Waals surface area contributed by atoms with Crippen molar-refractivity contribution < 1.29 is 41.5 Å². The molecule has 1 atom stereocenters. The van der Waals surface area contributed by atoms with Gasteiger partial charge in [-0.2, -0.15) is 13.2 Å². The van der Waals surface area contributed by atoms with Crippen molar-refractivity contribution in [2.75, 3.05) is 18.9 Å². The normalized spacial score (nSPS) is 16.8. The highest BCUT2D eigenvalue weighted by atomic mass is 19.4. The highest BCUT2D eigenvalue weighted by Crippen LogP contribution is 2.38. The molecule has 12 nitrogen and oxygen atoms in total. The van der Waals surface area contributed by atoms with Crippen LogP contribution in [0, 0.1) is 5.82 Å². The zero-order valence-electron chi connectivity index (χ0n) is 31.2. The first-order valence-corrected chi connectivity index (χ1v) is 19.1. The number of imide groups is 1. The Balaban J connectivity index is 0.914. The molecule has 7 rings (SSSR count). The number of benzene rings is 2. The van der Waals surface area contributed by atoms with Gasteiger partial charge in [-0.3, -0.25) is 39.3 Å². The molecule has 57 heavy (non-hydrogen) atoms. The number of pyridine rings is 2. The Hall–Kier alpha value is -5.93. The summed E-state index contributed by atoms with van der Waals surface area (Å²) in [5.74, 6) is -3.16. The van der Waals surface area contributed by atoms with E-state index in [-0.39, 0.29) is 71.9 Å². The number of hydrogen-bond acceptors (Lipinski definition) is 8. The van der Waals surface area contributed by atoms with Crippen LogP contribution in [0.3, 0.4) is 0 Å². The van der Waals surface area contributed by atoms with E-state index in [0.717, 1.165) is 62.4 Å². The average molecular weight is 788 g/mol. The number of alkyl halides is 3. The number of nitrogens with zero attached hydrogens (tertiary/aromatic N) is 3. The van der Waals surface area contributed by atoms with Crippen LogP contribution in [-0.2, 0) is 28.7 Å². The van der Waals surface area contributed by atoms with Gasteiger partial charge in [-0.15, -0.1) is 0 Å². The molecule has 1 aliphatic carbocycles. The molecule has 298 valence electrons. The Labute approximate surface area is 325 Å². The Morgan fingerprint density at radius 1 is 0.912 bits per heavy atom. The fourth-order valence-electron chi connectivity index (χ4n) is 7.39. The van der Waals surface area contributed by atoms with Gasteiger partial charge in [0.25, 0.3) is 17.7 Å². The van der Waals surface area contributed by atoms with Crippen molar-refractivity contribution in [2.45, 2.75) is 89.0 Å². The van der Waals surface area contributed by atoms with Gasteiger partial charge < -0.3 is 20.9 Å². The monoisotopic (exact) mass is 787 g/mol. The molecule has 2 aliphatic heterocycles. The van der Waals surface area contributed by atoms with Crippen molar-refractivity contribution in [2.24, 2.45) is 0 Å². The zero-order chi connectivity index (χ0) is 40.4. The number of halogens is 4. The maximum absolute atomic E-state index is 15.4. The van der Waals surface area contributed by atoms with E-state index >= 15 is 4.39 Å². The summed E-state index contributed by atoms with van der Waals surface area (Å²) in [7, 11) is 1.59.